The minimum absolute atomic E-state index is 0.189. The molecule has 0 saturated carbocycles. The minimum atomic E-state index is 0.189. The predicted molar refractivity (Wildman–Crippen MR) is 53.5 cm³/mol. The summed E-state index contributed by atoms with van der Waals surface area (Å²) in [6.45, 7) is 6.17. The van der Waals surface area contributed by atoms with Gasteiger partial charge in [-0.1, -0.05) is 13.8 Å². The number of nitrogens with two attached hydrogens (primary N) is 1. The Hall–Kier alpha value is -0.960. The first-order valence-electron chi connectivity index (χ1n) is 4.69. The van der Waals surface area contributed by atoms with Crippen LogP contribution in [-0.2, 0) is 0 Å². The molecule has 0 fully saturated rings. The van der Waals surface area contributed by atoms with E-state index in [1.54, 1.807) is 6.33 Å². The predicted octanol–water partition coefficient (Wildman–Crippen LogP) is 1.63. The van der Waals surface area contributed by atoms with Gasteiger partial charge in [-0.05, 0) is 19.4 Å². The molecule has 2 atom stereocenters. The third-order valence-electron chi connectivity index (χ3n) is 2.41. The Morgan fingerprint density at radius 2 is 2.15 bits per heavy atom. The van der Waals surface area contributed by atoms with Crippen molar-refractivity contribution in [3.05, 3.63) is 23.8 Å². The van der Waals surface area contributed by atoms with E-state index in [0.29, 0.717) is 5.92 Å². The van der Waals surface area contributed by atoms with Crippen molar-refractivity contribution in [1.82, 2.24) is 9.97 Å². The second kappa shape index (κ2) is 4.33. The highest BCUT2D eigenvalue weighted by Crippen LogP contribution is 2.17. The van der Waals surface area contributed by atoms with E-state index in [-0.39, 0.29) is 6.04 Å². The fourth-order valence-corrected chi connectivity index (χ4v) is 1.30. The zero-order valence-corrected chi connectivity index (χ0v) is 8.49. The summed E-state index contributed by atoms with van der Waals surface area (Å²) in [5.41, 5.74) is 7.98. The van der Waals surface area contributed by atoms with Gasteiger partial charge < -0.3 is 5.73 Å². The molecule has 1 aromatic rings. The average molecular weight is 179 g/mol. The Kier molecular flexibility index (Phi) is 3.37. The lowest BCUT2D eigenvalue weighted by Crippen LogP contribution is -2.26. The molecule has 0 aromatic carbocycles. The quantitative estimate of drug-likeness (QED) is 0.767. The Bertz CT molecular complexity index is 273. The molecule has 0 aliphatic carbocycles. The Labute approximate surface area is 79.4 Å². The van der Waals surface area contributed by atoms with Crippen molar-refractivity contribution in [3.8, 4) is 0 Å². The molecule has 0 aliphatic heterocycles. The van der Waals surface area contributed by atoms with Gasteiger partial charge in [-0.25, -0.2) is 9.97 Å². The molecule has 0 saturated heterocycles. The lowest BCUT2D eigenvalue weighted by molar-refractivity contribution is 0.539. The minimum Gasteiger partial charge on any atom is -0.327 e. The fourth-order valence-electron chi connectivity index (χ4n) is 1.30. The van der Waals surface area contributed by atoms with Gasteiger partial charge in [-0.15, -0.1) is 0 Å². The van der Waals surface area contributed by atoms with E-state index in [1.807, 2.05) is 13.0 Å². The van der Waals surface area contributed by atoms with Gasteiger partial charge in [0.1, 0.15) is 6.33 Å². The Balaban J connectivity index is 2.82. The van der Waals surface area contributed by atoms with Crippen LogP contribution in [0.1, 0.15) is 37.6 Å². The van der Waals surface area contributed by atoms with Crippen LogP contribution in [0.3, 0.4) is 0 Å². The average Bonchev–Trinajstić information content (AvgIpc) is 2.15. The number of hydrogen-bond donors (Lipinski definition) is 1. The van der Waals surface area contributed by atoms with Crippen molar-refractivity contribution in [2.75, 3.05) is 0 Å². The molecule has 2 N–H and O–H groups in total. The van der Waals surface area contributed by atoms with Crippen LogP contribution in [0.2, 0.25) is 0 Å². The van der Waals surface area contributed by atoms with Gasteiger partial charge in [0, 0.05) is 23.3 Å². The molecule has 0 spiro atoms. The molecule has 1 heterocycles. The summed E-state index contributed by atoms with van der Waals surface area (Å²) in [7, 11) is 0. The van der Waals surface area contributed by atoms with Crippen LogP contribution in [0, 0.1) is 6.92 Å². The van der Waals surface area contributed by atoms with Crippen LogP contribution in [-0.4, -0.2) is 16.0 Å². The molecule has 2 unspecified atom stereocenters. The summed E-state index contributed by atoms with van der Waals surface area (Å²) in [6.07, 6.45) is 2.58. The van der Waals surface area contributed by atoms with Crippen molar-refractivity contribution in [3.63, 3.8) is 0 Å². The zero-order chi connectivity index (χ0) is 9.84. The number of aromatic nitrogens is 2. The van der Waals surface area contributed by atoms with E-state index in [0.717, 1.165) is 17.8 Å². The van der Waals surface area contributed by atoms with Crippen LogP contribution in [0.5, 0.6) is 0 Å². The fraction of sp³-hybridized carbons (Fsp3) is 0.600. The zero-order valence-electron chi connectivity index (χ0n) is 8.49. The van der Waals surface area contributed by atoms with Gasteiger partial charge in [0.25, 0.3) is 0 Å². The maximum Gasteiger partial charge on any atom is 0.115 e. The number of nitrogens with zero attached hydrogens (tertiary/aromatic N) is 2. The van der Waals surface area contributed by atoms with Gasteiger partial charge in [0.05, 0.1) is 0 Å². The summed E-state index contributed by atoms with van der Waals surface area (Å²) >= 11 is 0. The van der Waals surface area contributed by atoms with Crippen LogP contribution in [0.4, 0.5) is 0 Å². The maximum atomic E-state index is 5.94. The van der Waals surface area contributed by atoms with E-state index in [2.05, 4.69) is 23.8 Å². The molecule has 13 heavy (non-hydrogen) atoms. The number of aryl methyl sites for hydroxylation is 1. The first kappa shape index (κ1) is 10.1. The standard InChI is InChI=1S/C10H17N3/c1-4-9(11)8(3)10-5-7(2)12-6-13-10/h5-6,8-9H,4,11H2,1-3H3. The molecule has 0 amide bonds. The molecular formula is C10H17N3. The van der Waals surface area contributed by atoms with E-state index in [9.17, 15) is 0 Å². The van der Waals surface area contributed by atoms with E-state index < -0.39 is 0 Å². The van der Waals surface area contributed by atoms with Crippen molar-refractivity contribution in [2.24, 2.45) is 5.73 Å². The lowest BCUT2D eigenvalue weighted by Gasteiger charge is -2.17. The normalized spacial score (nSPS) is 15.4. The number of rotatable bonds is 3. The van der Waals surface area contributed by atoms with Gasteiger partial charge in [0.2, 0.25) is 0 Å². The first-order valence-corrected chi connectivity index (χ1v) is 4.69. The Morgan fingerprint density at radius 3 is 2.69 bits per heavy atom. The van der Waals surface area contributed by atoms with Crippen LogP contribution >= 0.6 is 0 Å². The lowest BCUT2D eigenvalue weighted by atomic mass is 9.96. The summed E-state index contributed by atoms with van der Waals surface area (Å²) < 4.78 is 0. The first-order chi connectivity index (χ1) is 6.15. The summed E-state index contributed by atoms with van der Waals surface area (Å²) in [6, 6.07) is 2.19. The smallest absolute Gasteiger partial charge is 0.115 e. The second-order valence-corrected chi connectivity index (χ2v) is 3.45. The highest BCUT2D eigenvalue weighted by Gasteiger charge is 2.14. The number of hydrogen-bond acceptors (Lipinski definition) is 3. The van der Waals surface area contributed by atoms with Crippen LogP contribution in [0.15, 0.2) is 12.4 Å². The molecule has 3 nitrogen and oxygen atoms in total. The summed E-state index contributed by atoms with van der Waals surface area (Å²) in [5, 5.41) is 0. The van der Waals surface area contributed by atoms with E-state index >= 15 is 0 Å². The van der Waals surface area contributed by atoms with E-state index in [1.165, 1.54) is 0 Å². The molecule has 72 valence electrons. The van der Waals surface area contributed by atoms with Crippen LogP contribution in [0.25, 0.3) is 0 Å². The monoisotopic (exact) mass is 179 g/mol. The summed E-state index contributed by atoms with van der Waals surface area (Å²) in [5.74, 6) is 0.312. The molecule has 3 heteroatoms. The van der Waals surface area contributed by atoms with Crippen LogP contribution < -0.4 is 5.73 Å². The molecule has 0 radical (unpaired) electrons. The van der Waals surface area contributed by atoms with Crippen molar-refractivity contribution < 1.29 is 0 Å². The molecule has 1 rings (SSSR count). The topological polar surface area (TPSA) is 51.8 Å². The van der Waals surface area contributed by atoms with Gasteiger partial charge in [0.15, 0.2) is 0 Å². The summed E-state index contributed by atoms with van der Waals surface area (Å²) in [4.78, 5) is 8.27. The second-order valence-electron chi connectivity index (χ2n) is 3.45. The van der Waals surface area contributed by atoms with Crippen molar-refractivity contribution >= 4 is 0 Å². The SMILES string of the molecule is CCC(N)C(C)c1cc(C)ncn1. The van der Waals surface area contributed by atoms with Crippen molar-refractivity contribution in [2.45, 2.75) is 39.2 Å². The molecule has 0 aliphatic rings. The molecule has 1 aromatic heterocycles. The van der Waals surface area contributed by atoms with Gasteiger partial charge in [-0.3, -0.25) is 0 Å². The highest BCUT2D eigenvalue weighted by molar-refractivity contribution is 5.12. The molecule has 0 bridgehead atoms. The third-order valence-corrected chi connectivity index (χ3v) is 2.41. The highest BCUT2D eigenvalue weighted by atomic mass is 14.8. The van der Waals surface area contributed by atoms with Crippen molar-refractivity contribution in [1.29, 1.82) is 0 Å². The maximum absolute atomic E-state index is 5.94. The Morgan fingerprint density at radius 1 is 1.46 bits per heavy atom. The van der Waals surface area contributed by atoms with Gasteiger partial charge in [-0.2, -0.15) is 0 Å². The third kappa shape index (κ3) is 2.49. The van der Waals surface area contributed by atoms with Gasteiger partial charge >= 0.3 is 0 Å². The van der Waals surface area contributed by atoms with E-state index in [4.69, 9.17) is 5.73 Å². The largest absolute Gasteiger partial charge is 0.327 e. The molecular weight excluding hydrogens is 162 g/mol.